The van der Waals surface area contributed by atoms with Crippen LogP contribution in [0, 0.1) is 5.92 Å². The summed E-state index contributed by atoms with van der Waals surface area (Å²) in [4.78, 5) is 19.6. The van der Waals surface area contributed by atoms with Gasteiger partial charge in [0.25, 0.3) is 5.56 Å². The fourth-order valence-electron chi connectivity index (χ4n) is 3.58. The average molecular weight is 246 g/mol. The standard InChI is InChI=1S/C15H22N2O/c1-10-6-7-12(8-10)15-16-13(9-14(18)17-15)11-4-2-3-5-11/h9-12H,2-8H2,1H3,(H,16,17,18). The van der Waals surface area contributed by atoms with Crippen LogP contribution in [0.5, 0.6) is 0 Å². The summed E-state index contributed by atoms with van der Waals surface area (Å²) in [7, 11) is 0. The largest absolute Gasteiger partial charge is 0.310 e. The first kappa shape index (κ1) is 11.9. The highest BCUT2D eigenvalue weighted by atomic mass is 16.1. The molecule has 1 N–H and O–H groups in total. The maximum Gasteiger partial charge on any atom is 0.251 e. The molecule has 2 unspecified atom stereocenters. The first-order valence-electron chi connectivity index (χ1n) is 7.33. The van der Waals surface area contributed by atoms with Crippen molar-refractivity contribution in [2.45, 2.75) is 63.7 Å². The summed E-state index contributed by atoms with van der Waals surface area (Å²) >= 11 is 0. The average Bonchev–Trinajstić information content (AvgIpc) is 2.98. The van der Waals surface area contributed by atoms with Crippen molar-refractivity contribution in [1.82, 2.24) is 9.97 Å². The third-order valence-electron chi connectivity index (χ3n) is 4.63. The zero-order valence-electron chi connectivity index (χ0n) is 11.1. The second-order valence-electron chi connectivity index (χ2n) is 6.15. The van der Waals surface area contributed by atoms with Crippen LogP contribution in [0.15, 0.2) is 10.9 Å². The number of nitrogens with zero attached hydrogens (tertiary/aromatic N) is 1. The van der Waals surface area contributed by atoms with E-state index in [1.165, 1.54) is 44.9 Å². The highest BCUT2D eigenvalue weighted by Crippen LogP contribution is 2.37. The van der Waals surface area contributed by atoms with E-state index in [2.05, 4.69) is 11.9 Å². The van der Waals surface area contributed by atoms with Crippen LogP contribution < -0.4 is 5.56 Å². The van der Waals surface area contributed by atoms with E-state index in [4.69, 9.17) is 4.98 Å². The molecule has 3 nitrogen and oxygen atoms in total. The van der Waals surface area contributed by atoms with Gasteiger partial charge in [0.15, 0.2) is 0 Å². The lowest BCUT2D eigenvalue weighted by atomic mass is 10.0. The first-order chi connectivity index (χ1) is 8.72. The molecule has 18 heavy (non-hydrogen) atoms. The zero-order valence-corrected chi connectivity index (χ0v) is 11.1. The molecule has 3 heteroatoms. The van der Waals surface area contributed by atoms with Gasteiger partial charge in [-0.3, -0.25) is 4.79 Å². The van der Waals surface area contributed by atoms with Crippen molar-refractivity contribution in [1.29, 1.82) is 0 Å². The van der Waals surface area contributed by atoms with Crippen LogP contribution in [0.2, 0.25) is 0 Å². The first-order valence-corrected chi connectivity index (χ1v) is 7.33. The summed E-state index contributed by atoms with van der Waals surface area (Å²) < 4.78 is 0. The van der Waals surface area contributed by atoms with Crippen LogP contribution in [0.1, 0.15) is 75.2 Å². The normalized spacial score (nSPS) is 28.9. The summed E-state index contributed by atoms with van der Waals surface area (Å²) in [5, 5.41) is 0. The molecule has 1 aromatic rings. The van der Waals surface area contributed by atoms with E-state index in [0.717, 1.165) is 17.4 Å². The Morgan fingerprint density at radius 2 is 1.94 bits per heavy atom. The quantitative estimate of drug-likeness (QED) is 0.870. The summed E-state index contributed by atoms with van der Waals surface area (Å²) in [6.07, 6.45) is 8.61. The number of hydrogen-bond donors (Lipinski definition) is 1. The van der Waals surface area contributed by atoms with E-state index in [1.54, 1.807) is 6.07 Å². The molecule has 2 fully saturated rings. The van der Waals surface area contributed by atoms with Crippen molar-refractivity contribution < 1.29 is 0 Å². The number of hydrogen-bond acceptors (Lipinski definition) is 2. The maximum absolute atomic E-state index is 11.8. The van der Waals surface area contributed by atoms with E-state index in [-0.39, 0.29) is 5.56 Å². The van der Waals surface area contributed by atoms with Gasteiger partial charge in [0.05, 0.1) is 5.69 Å². The Kier molecular flexibility index (Phi) is 3.23. The summed E-state index contributed by atoms with van der Waals surface area (Å²) in [6, 6.07) is 1.72. The van der Waals surface area contributed by atoms with Crippen molar-refractivity contribution in [3.8, 4) is 0 Å². The van der Waals surface area contributed by atoms with Crippen LogP contribution >= 0.6 is 0 Å². The van der Waals surface area contributed by atoms with Crippen molar-refractivity contribution in [2.24, 2.45) is 5.92 Å². The molecule has 0 aromatic carbocycles. The lowest BCUT2D eigenvalue weighted by Gasteiger charge is -2.13. The van der Waals surface area contributed by atoms with Gasteiger partial charge in [-0.25, -0.2) is 4.98 Å². The maximum atomic E-state index is 11.8. The van der Waals surface area contributed by atoms with Crippen LogP contribution in [-0.2, 0) is 0 Å². The van der Waals surface area contributed by atoms with Gasteiger partial charge in [0.1, 0.15) is 5.82 Å². The molecule has 3 rings (SSSR count). The molecule has 0 aliphatic heterocycles. The Morgan fingerprint density at radius 1 is 1.17 bits per heavy atom. The summed E-state index contributed by atoms with van der Waals surface area (Å²) in [5.74, 6) is 2.74. The third-order valence-corrected chi connectivity index (χ3v) is 4.63. The number of rotatable bonds is 2. The molecule has 0 spiro atoms. The van der Waals surface area contributed by atoms with E-state index in [9.17, 15) is 4.79 Å². The molecule has 1 heterocycles. The minimum absolute atomic E-state index is 0.0430. The van der Waals surface area contributed by atoms with Gasteiger partial charge >= 0.3 is 0 Å². The molecular weight excluding hydrogens is 224 g/mol. The second-order valence-corrected chi connectivity index (χ2v) is 6.15. The minimum Gasteiger partial charge on any atom is -0.310 e. The smallest absolute Gasteiger partial charge is 0.251 e. The highest BCUT2D eigenvalue weighted by molar-refractivity contribution is 5.12. The Labute approximate surface area is 108 Å². The van der Waals surface area contributed by atoms with Crippen LogP contribution in [0.4, 0.5) is 0 Å². The number of aromatic amines is 1. The van der Waals surface area contributed by atoms with Crippen molar-refractivity contribution in [3.05, 3.63) is 27.9 Å². The topological polar surface area (TPSA) is 45.8 Å². The molecule has 0 saturated heterocycles. The SMILES string of the molecule is CC1CCC(c2nc(C3CCCC3)cc(=O)[nH]2)C1. The summed E-state index contributed by atoms with van der Waals surface area (Å²) in [5.41, 5.74) is 1.09. The predicted molar refractivity (Wildman–Crippen MR) is 71.8 cm³/mol. The summed E-state index contributed by atoms with van der Waals surface area (Å²) in [6.45, 7) is 2.29. The van der Waals surface area contributed by atoms with E-state index in [1.807, 2.05) is 0 Å². The van der Waals surface area contributed by atoms with Gasteiger partial charge in [-0.05, 0) is 38.0 Å². The van der Waals surface area contributed by atoms with Crippen molar-refractivity contribution in [3.63, 3.8) is 0 Å². The molecule has 2 aliphatic rings. The van der Waals surface area contributed by atoms with Crippen molar-refractivity contribution in [2.75, 3.05) is 0 Å². The van der Waals surface area contributed by atoms with Gasteiger partial charge in [-0.2, -0.15) is 0 Å². The monoisotopic (exact) mass is 246 g/mol. The van der Waals surface area contributed by atoms with Gasteiger partial charge in [0, 0.05) is 17.9 Å². The molecule has 1 aromatic heterocycles. The van der Waals surface area contributed by atoms with Crippen LogP contribution in [-0.4, -0.2) is 9.97 Å². The molecular formula is C15H22N2O. The minimum atomic E-state index is 0.0430. The number of H-pyrrole nitrogens is 1. The van der Waals surface area contributed by atoms with Crippen LogP contribution in [0.25, 0.3) is 0 Å². The van der Waals surface area contributed by atoms with Gasteiger partial charge in [0.2, 0.25) is 0 Å². The Bertz CT molecular complexity index is 474. The third kappa shape index (κ3) is 2.36. The lowest BCUT2D eigenvalue weighted by molar-refractivity contribution is 0.578. The molecule has 0 bridgehead atoms. The Morgan fingerprint density at radius 3 is 2.61 bits per heavy atom. The highest BCUT2D eigenvalue weighted by Gasteiger charge is 2.26. The van der Waals surface area contributed by atoms with Gasteiger partial charge in [-0.15, -0.1) is 0 Å². The van der Waals surface area contributed by atoms with E-state index >= 15 is 0 Å². The molecule has 2 saturated carbocycles. The molecule has 2 atom stereocenters. The zero-order chi connectivity index (χ0) is 12.5. The molecule has 0 radical (unpaired) electrons. The molecule has 2 aliphatic carbocycles. The van der Waals surface area contributed by atoms with E-state index < -0.39 is 0 Å². The fourth-order valence-corrected chi connectivity index (χ4v) is 3.58. The van der Waals surface area contributed by atoms with Gasteiger partial charge in [-0.1, -0.05) is 19.8 Å². The number of nitrogens with one attached hydrogen (secondary N) is 1. The Hall–Kier alpha value is -1.12. The lowest BCUT2D eigenvalue weighted by Crippen LogP contribution is -2.16. The molecule has 98 valence electrons. The van der Waals surface area contributed by atoms with Gasteiger partial charge < -0.3 is 4.98 Å². The second kappa shape index (κ2) is 4.87. The van der Waals surface area contributed by atoms with Crippen LogP contribution in [0.3, 0.4) is 0 Å². The molecule has 0 amide bonds. The van der Waals surface area contributed by atoms with Crippen molar-refractivity contribution >= 4 is 0 Å². The predicted octanol–water partition coefficient (Wildman–Crippen LogP) is 3.33. The van der Waals surface area contributed by atoms with E-state index in [0.29, 0.717) is 11.8 Å². The Balaban J connectivity index is 1.88. The number of aromatic nitrogens is 2. The fraction of sp³-hybridized carbons (Fsp3) is 0.733.